The van der Waals surface area contributed by atoms with Gasteiger partial charge in [-0.05, 0) is 95.8 Å². The summed E-state index contributed by atoms with van der Waals surface area (Å²) in [5.74, 6) is -0.129. The standard InChI is InChI=1S/C37H39BrFN3O6/c1-23-4-6-25(7-5-23)16-17-41(28-13-14-28)35(43)34-30(20-29-21-40(36(44)45)22-32(34)42(29)37(46)47)26-10-8-24(9-11-26)3-2-18-48-33-19-27(39)12-15-31(33)38/h4-12,15,19,28-29,32H,2-3,13-14,16-18,20-22H2,1H3,(H,44,45)(H,46,47). The number of carboxylic acid groups (broad SMARTS) is 2. The molecule has 0 spiro atoms. The molecule has 2 aliphatic heterocycles. The first-order valence-electron chi connectivity index (χ1n) is 16.3. The van der Waals surface area contributed by atoms with Crippen molar-refractivity contribution in [2.24, 2.45) is 0 Å². The zero-order valence-corrected chi connectivity index (χ0v) is 28.4. The molecule has 2 N–H and O–H groups in total. The van der Waals surface area contributed by atoms with E-state index < -0.39 is 24.3 Å². The highest BCUT2D eigenvalue weighted by Crippen LogP contribution is 2.41. The van der Waals surface area contributed by atoms with Crippen LogP contribution in [0.5, 0.6) is 5.75 Å². The van der Waals surface area contributed by atoms with Crippen LogP contribution in [0, 0.1) is 12.7 Å². The summed E-state index contributed by atoms with van der Waals surface area (Å²) in [6, 6.07) is 19.0. The van der Waals surface area contributed by atoms with Gasteiger partial charge in [0.05, 0.1) is 23.2 Å². The van der Waals surface area contributed by atoms with Gasteiger partial charge >= 0.3 is 12.2 Å². The Kier molecular flexibility index (Phi) is 10.1. The zero-order chi connectivity index (χ0) is 33.9. The van der Waals surface area contributed by atoms with E-state index in [4.69, 9.17) is 4.74 Å². The molecule has 3 amide bonds. The molecule has 1 aliphatic carbocycles. The highest BCUT2D eigenvalue weighted by Gasteiger charge is 2.49. The topological polar surface area (TPSA) is 111 Å². The van der Waals surface area contributed by atoms with Crippen LogP contribution in [-0.2, 0) is 17.6 Å². The molecule has 2 atom stereocenters. The molecular formula is C37H39BrFN3O6. The minimum absolute atomic E-state index is 0.0440. The Bertz CT molecular complexity index is 1710. The summed E-state index contributed by atoms with van der Waals surface area (Å²) in [7, 11) is 0. The third-order valence-electron chi connectivity index (χ3n) is 9.45. The smallest absolute Gasteiger partial charge is 0.408 e. The number of ether oxygens (including phenoxy) is 1. The van der Waals surface area contributed by atoms with Crippen LogP contribution in [0.25, 0.3) is 5.57 Å². The molecule has 1 saturated carbocycles. The number of halogens is 2. The van der Waals surface area contributed by atoms with Crippen molar-refractivity contribution in [2.75, 3.05) is 26.2 Å². The maximum Gasteiger partial charge on any atom is 0.408 e. The first kappa shape index (κ1) is 33.5. The van der Waals surface area contributed by atoms with E-state index in [1.807, 2.05) is 48.2 Å². The second kappa shape index (κ2) is 14.4. The fraction of sp³-hybridized carbons (Fsp3) is 0.378. The normalized spacial score (nSPS) is 18.9. The first-order chi connectivity index (χ1) is 23.1. The lowest BCUT2D eigenvalue weighted by Crippen LogP contribution is -2.65. The summed E-state index contributed by atoms with van der Waals surface area (Å²) >= 11 is 3.38. The van der Waals surface area contributed by atoms with E-state index in [2.05, 4.69) is 28.1 Å². The van der Waals surface area contributed by atoms with Crippen LogP contribution < -0.4 is 4.74 Å². The monoisotopic (exact) mass is 719 g/mol. The molecule has 2 unspecified atom stereocenters. The third-order valence-corrected chi connectivity index (χ3v) is 10.1. The van der Waals surface area contributed by atoms with Crippen molar-refractivity contribution in [1.29, 1.82) is 0 Å². The van der Waals surface area contributed by atoms with Crippen molar-refractivity contribution in [3.05, 3.63) is 105 Å². The minimum Gasteiger partial charge on any atom is -0.492 e. The molecule has 2 bridgehead atoms. The fourth-order valence-electron chi connectivity index (χ4n) is 6.81. The lowest BCUT2D eigenvalue weighted by atomic mass is 9.81. The number of amides is 3. The van der Waals surface area contributed by atoms with Crippen molar-refractivity contribution in [2.45, 2.75) is 63.6 Å². The predicted molar refractivity (Wildman–Crippen MR) is 183 cm³/mol. The van der Waals surface area contributed by atoms with Crippen LogP contribution in [-0.4, -0.2) is 87.4 Å². The van der Waals surface area contributed by atoms with Crippen molar-refractivity contribution < 1.29 is 33.7 Å². The average Bonchev–Trinajstić information content (AvgIpc) is 3.90. The number of carbonyl (C=O) groups is 3. The van der Waals surface area contributed by atoms with E-state index in [1.165, 1.54) is 21.9 Å². The van der Waals surface area contributed by atoms with Crippen molar-refractivity contribution >= 4 is 39.6 Å². The Hall–Kier alpha value is -4.38. The second-order valence-electron chi connectivity index (χ2n) is 12.8. The molecule has 1 saturated heterocycles. The van der Waals surface area contributed by atoms with Gasteiger partial charge in [-0.3, -0.25) is 9.69 Å². The zero-order valence-electron chi connectivity index (χ0n) is 26.8. The number of aryl methyl sites for hydroxylation is 2. The summed E-state index contributed by atoms with van der Waals surface area (Å²) in [4.78, 5) is 43.7. The summed E-state index contributed by atoms with van der Waals surface area (Å²) in [5.41, 5.74) is 5.32. The van der Waals surface area contributed by atoms with Gasteiger partial charge in [0, 0.05) is 37.3 Å². The summed E-state index contributed by atoms with van der Waals surface area (Å²) in [6.45, 7) is 2.87. The molecule has 3 aliphatic rings. The molecule has 3 aromatic carbocycles. The van der Waals surface area contributed by atoms with E-state index >= 15 is 0 Å². The van der Waals surface area contributed by atoms with Gasteiger partial charge in [-0.2, -0.15) is 0 Å². The van der Waals surface area contributed by atoms with Crippen LogP contribution in [0.1, 0.15) is 47.9 Å². The summed E-state index contributed by atoms with van der Waals surface area (Å²) in [6.07, 6.45) is 1.81. The molecule has 3 aromatic rings. The second-order valence-corrected chi connectivity index (χ2v) is 13.7. The van der Waals surface area contributed by atoms with Gasteiger partial charge in [0.1, 0.15) is 11.6 Å². The van der Waals surface area contributed by atoms with Gasteiger partial charge in [-0.1, -0.05) is 54.1 Å². The summed E-state index contributed by atoms with van der Waals surface area (Å²) < 4.78 is 20.0. The molecule has 9 nitrogen and oxygen atoms in total. The quantitative estimate of drug-likeness (QED) is 0.206. The van der Waals surface area contributed by atoms with Crippen LogP contribution in [0.2, 0.25) is 0 Å². The van der Waals surface area contributed by atoms with Gasteiger partial charge in [0.15, 0.2) is 0 Å². The highest BCUT2D eigenvalue weighted by molar-refractivity contribution is 9.10. The van der Waals surface area contributed by atoms with Gasteiger partial charge in [0.25, 0.3) is 5.91 Å². The maximum atomic E-state index is 14.6. The number of benzene rings is 3. The fourth-order valence-corrected chi connectivity index (χ4v) is 7.17. The third kappa shape index (κ3) is 7.51. The van der Waals surface area contributed by atoms with Crippen LogP contribution >= 0.6 is 15.9 Å². The van der Waals surface area contributed by atoms with E-state index in [-0.39, 0.29) is 37.3 Å². The van der Waals surface area contributed by atoms with Gasteiger partial charge in [-0.15, -0.1) is 0 Å². The van der Waals surface area contributed by atoms with Gasteiger partial charge in [-0.25, -0.2) is 14.0 Å². The molecular weight excluding hydrogens is 681 g/mol. The van der Waals surface area contributed by atoms with E-state index in [0.29, 0.717) is 41.8 Å². The van der Waals surface area contributed by atoms with E-state index in [0.717, 1.165) is 47.1 Å². The first-order valence-corrected chi connectivity index (χ1v) is 17.1. The van der Waals surface area contributed by atoms with Crippen LogP contribution in [0.3, 0.4) is 0 Å². The maximum absolute atomic E-state index is 14.6. The SMILES string of the molecule is Cc1ccc(CCN(C(=O)C2=C(c3ccc(CCCOc4cc(F)ccc4Br)cc3)CC3CN(C(=O)O)CC2N3C(=O)O)C2CC2)cc1. The molecule has 0 aromatic heterocycles. The largest absolute Gasteiger partial charge is 0.492 e. The number of piperazine rings is 1. The lowest BCUT2D eigenvalue weighted by Gasteiger charge is -2.49. The number of fused-ring (bicyclic) bond motifs is 2. The number of nitrogens with zero attached hydrogens (tertiary/aromatic N) is 3. The molecule has 252 valence electrons. The van der Waals surface area contributed by atoms with Gasteiger partial charge in [0.2, 0.25) is 0 Å². The number of hydrogen-bond acceptors (Lipinski definition) is 4. The average molecular weight is 721 g/mol. The van der Waals surface area contributed by atoms with E-state index in [1.54, 1.807) is 6.07 Å². The molecule has 6 rings (SSSR count). The number of carbonyl (C=O) groups excluding carboxylic acids is 1. The lowest BCUT2D eigenvalue weighted by molar-refractivity contribution is -0.128. The molecule has 11 heteroatoms. The molecule has 2 fully saturated rings. The highest BCUT2D eigenvalue weighted by atomic mass is 79.9. The molecule has 48 heavy (non-hydrogen) atoms. The predicted octanol–water partition coefficient (Wildman–Crippen LogP) is 7.01. The van der Waals surface area contributed by atoms with Crippen LogP contribution in [0.4, 0.5) is 14.0 Å². The summed E-state index contributed by atoms with van der Waals surface area (Å²) in [5, 5.41) is 20.2. The Morgan fingerprint density at radius 1 is 0.938 bits per heavy atom. The van der Waals surface area contributed by atoms with E-state index in [9.17, 15) is 29.0 Å². The Morgan fingerprint density at radius 3 is 2.29 bits per heavy atom. The van der Waals surface area contributed by atoms with Crippen molar-refractivity contribution in [3.8, 4) is 5.75 Å². The van der Waals surface area contributed by atoms with Crippen molar-refractivity contribution in [1.82, 2.24) is 14.7 Å². The van der Waals surface area contributed by atoms with Gasteiger partial charge < -0.3 is 24.7 Å². The minimum atomic E-state index is -1.15. The molecule has 0 radical (unpaired) electrons. The van der Waals surface area contributed by atoms with Crippen LogP contribution in [0.15, 0.2) is 76.8 Å². The van der Waals surface area contributed by atoms with Crippen molar-refractivity contribution in [3.63, 3.8) is 0 Å². The number of rotatable bonds is 11. The molecule has 2 heterocycles. The number of hydrogen-bond donors (Lipinski definition) is 2. The Labute approximate surface area is 287 Å². The Balaban J connectivity index is 1.26. The Morgan fingerprint density at radius 2 is 1.62 bits per heavy atom.